The van der Waals surface area contributed by atoms with E-state index in [2.05, 4.69) is 0 Å². The van der Waals surface area contributed by atoms with Crippen molar-refractivity contribution < 1.29 is 31.2 Å². The van der Waals surface area contributed by atoms with E-state index in [1.165, 1.54) is 6.07 Å². The number of hydrogen-bond donors (Lipinski definition) is 0. The zero-order valence-electron chi connectivity index (χ0n) is 19.2. The molecule has 1 saturated heterocycles. The van der Waals surface area contributed by atoms with E-state index in [1.807, 2.05) is 42.5 Å². The fraction of sp³-hybridized carbons (Fsp3) is 0.333. The Hall–Kier alpha value is -2.42. The van der Waals surface area contributed by atoms with Gasteiger partial charge < -0.3 is 9.47 Å². The van der Waals surface area contributed by atoms with E-state index in [-0.39, 0.29) is 17.1 Å². The van der Waals surface area contributed by atoms with Gasteiger partial charge in [-0.15, -0.1) is 0 Å². The van der Waals surface area contributed by atoms with Gasteiger partial charge >= 0.3 is 12.3 Å². The van der Waals surface area contributed by atoms with Crippen LogP contribution in [-0.2, 0) is 21.3 Å². The van der Waals surface area contributed by atoms with Crippen molar-refractivity contribution in [3.63, 3.8) is 0 Å². The molecule has 1 fully saturated rings. The Kier molecular flexibility index (Phi) is 8.70. The lowest BCUT2D eigenvalue weighted by atomic mass is 10.0. The monoisotopic (exact) mass is 540 g/mol. The van der Waals surface area contributed by atoms with Crippen molar-refractivity contribution in [2.24, 2.45) is 0 Å². The Balaban J connectivity index is 1.29. The topological polar surface area (TPSA) is 35.5 Å². The molecule has 3 atom stereocenters. The zero-order chi connectivity index (χ0) is 25.7. The second kappa shape index (κ2) is 11.8. The normalized spacial score (nSPS) is 19.7. The SMILES string of the molecule is O=S(Cc1ccc(Cl)cc1)[C@H]1CC[C@H](/C=C/c2ccc3cc(OCC(F)(F)C(F)F)ccc3c2)OC1. The Labute approximate surface area is 214 Å². The lowest BCUT2D eigenvalue weighted by molar-refractivity contribution is -0.148. The summed E-state index contributed by atoms with van der Waals surface area (Å²) < 4.78 is 74.3. The molecule has 0 N–H and O–H groups in total. The average Bonchev–Trinajstić information content (AvgIpc) is 2.87. The third-order valence-corrected chi connectivity index (χ3v) is 7.94. The minimum absolute atomic E-state index is 0.0111. The second-order valence-corrected chi connectivity index (χ2v) is 10.9. The van der Waals surface area contributed by atoms with Gasteiger partial charge in [0, 0.05) is 21.6 Å². The van der Waals surface area contributed by atoms with E-state index in [0.29, 0.717) is 17.4 Å². The molecule has 3 aromatic carbocycles. The van der Waals surface area contributed by atoms with E-state index in [4.69, 9.17) is 21.1 Å². The summed E-state index contributed by atoms with van der Waals surface area (Å²) in [4.78, 5) is 0. The predicted octanol–water partition coefficient (Wildman–Crippen LogP) is 7.28. The third-order valence-electron chi connectivity index (χ3n) is 5.95. The van der Waals surface area contributed by atoms with Crippen LogP contribution in [0.3, 0.4) is 0 Å². The molecule has 0 spiro atoms. The summed E-state index contributed by atoms with van der Waals surface area (Å²) in [6.07, 6.45) is 1.65. The number of hydrogen-bond acceptors (Lipinski definition) is 3. The Bertz CT molecular complexity index is 1230. The molecule has 3 aromatic rings. The lowest BCUT2D eigenvalue weighted by Gasteiger charge is -2.27. The number of fused-ring (bicyclic) bond motifs is 1. The predicted molar refractivity (Wildman–Crippen MR) is 135 cm³/mol. The summed E-state index contributed by atoms with van der Waals surface area (Å²) in [6.45, 7) is -0.950. The standard InChI is InChI=1S/C27H25ClF4O3S/c28-22-7-2-19(3-8-22)16-36(33)25-12-11-23(34-15-25)9-4-18-1-5-21-14-24(10-6-20(21)13-18)35-17-27(31,32)26(29)30/h1-10,13-14,23,25-26H,11-12,15-17H2/b9-4+/t23-,25-,36?/m0/s1. The number of rotatable bonds is 9. The minimum Gasteiger partial charge on any atom is -0.487 e. The van der Waals surface area contributed by atoms with Crippen LogP contribution >= 0.6 is 11.6 Å². The molecular formula is C27H25ClF4O3S. The van der Waals surface area contributed by atoms with Crippen LogP contribution in [0, 0.1) is 0 Å². The summed E-state index contributed by atoms with van der Waals surface area (Å²) in [7, 11) is -1.03. The molecule has 9 heteroatoms. The second-order valence-electron chi connectivity index (χ2n) is 8.70. The van der Waals surface area contributed by atoms with E-state index in [1.54, 1.807) is 24.3 Å². The molecule has 1 heterocycles. The van der Waals surface area contributed by atoms with Crippen LogP contribution in [0.5, 0.6) is 5.75 Å². The van der Waals surface area contributed by atoms with Gasteiger partial charge in [-0.25, -0.2) is 8.78 Å². The Morgan fingerprint density at radius 1 is 1.06 bits per heavy atom. The van der Waals surface area contributed by atoms with Crippen LogP contribution < -0.4 is 4.74 Å². The first kappa shape index (κ1) is 26.6. The maximum absolute atomic E-state index is 13.1. The third kappa shape index (κ3) is 7.08. The van der Waals surface area contributed by atoms with E-state index in [0.717, 1.165) is 34.7 Å². The van der Waals surface area contributed by atoms with Gasteiger partial charge in [0.25, 0.3) is 0 Å². The highest BCUT2D eigenvalue weighted by molar-refractivity contribution is 7.84. The first-order valence-electron chi connectivity index (χ1n) is 11.4. The van der Waals surface area contributed by atoms with Crippen molar-refractivity contribution in [2.45, 2.75) is 42.3 Å². The van der Waals surface area contributed by atoms with Gasteiger partial charge in [-0.05, 0) is 65.1 Å². The molecule has 0 radical (unpaired) electrons. The molecule has 0 aromatic heterocycles. The molecule has 3 nitrogen and oxygen atoms in total. The van der Waals surface area contributed by atoms with E-state index < -0.39 is 29.8 Å². The molecule has 1 unspecified atom stereocenters. The first-order valence-corrected chi connectivity index (χ1v) is 13.2. The number of benzene rings is 3. The highest BCUT2D eigenvalue weighted by Crippen LogP contribution is 2.27. The zero-order valence-corrected chi connectivity index (χ0v) is 20.8. The maximum atomic E-state index is 13.1. The smallest absolute Gasteiger partial charge is 0.340 e. The molecule has 1 aliphatic rings. The van der Waals surface area contributed by atoms with Crippen molar-refractivity contribution in [2.75, 3.05) is 13.2 Å². The Morgan fingerprint density at radius 3 is 2.47 bits per heavy atom. The van der Waals surface area contributed by atoms with Gasteiger partial charge in [-0.3, -0.25) is 4.21 Å². The van der Waals surface area contributed by atoms with Crippen molar-refractivity contribution in [1.82, 2.24) is 0 Å². The van der Waals surface area contributed by atoms with Gasteiger partial charge in [-0.1, -0.05) is 54.1 Å². The summed E-state index contributed by atoms with van der Waals surface area (Å²) in [6, 6.07) is 17.7. The van der Waals surface area contributed by atoms with E-state index >= 15 is 0 Å². The van der Waals surface area contributed by atoms with Gasteiger partial charge in [-0.2, -0.15) is 8.78 Å². The molecule has 0 bridgehead atoms. The summed E-state index contributed by atoms with van der Waals surface area (Å²) >= 11 is 5.90. The van der Waals surface area contributed by atoms with Crippen LogP contribution in [-0.4, -0.2) is 41.1 Å². The van der Waals surface area contributed by atoms with Crippen LogP contribution in [0.4, 0.5) is 17.6 Å². The first-order chi connectivity index (χ1) is 17.2. The molecular weight excluding hydrogens is 516 g/mol. The lowest BCUT2D eigenvalue weighted by Crippen LogP contribution is -2.33. The van der Waals surface area contributed by atoms with Crippen molar-refractivity contribution in [1.29, 1.82) is 0 Å². The summed E-state index contributed by atoms with van der Waals surface area (Å²) in [5, 5.41) is 2.24. The largest absolute Gasteiger partial charge is 0.487 e. The molecule has 0 saturated carbocycles. The minimum atomic E-state index is -4.20. The highest BCUT2D eigenvalue weighted by atomic mass is 35.5. The van der Waals surface area contributed by atoms with Crippen LogP contribution in [0.25, 0.3) is 16.8 Å². The maximum Gasteiger partial charge on any atom is 0.340 e. The quantitative estimate of drug-likeness (QED) is 0.267. The van der Waals surface area contributed by atoms with Crippen LogP contribution in [0.15, 0.2) is 66.7 Å². The van der Waals surface area contributed by atoms with Crippen LogP contribution in [0.2, 0.25) is 5.02 Å². The molecule has 36 heavy (non-hydrogen) atoms. The summed E-state index contributed by atoms with van der Waals surface area (Å²) in [5.74, 6) is -3.62. The molecule has 1 aliphatic heterocycles. The highest BCUT2D eigenvalue weighted by Gasteiger charge is 2.41. The fourth-order valence-electron chi connectivity index (χ4n) is 3.87. The Morgan fingerprint density at radius 2 is 1.78 bits per heavy atom. The van der Waals surface area contributed by atoms with Gasteiger partial charge in [0.05, 0.1) is 18.0 Å². The summed E-state index contributed by atoms with van der Waals surface area (Å²) in [5.41, 5.74) is 1.92. The average molecular weight is 541 g/mol. The van der Waals surface area contributed by atoms with Gasteiger partial charge in [0.1, 0.15) is 5.75 Å². The molecule has 0 aliphatic carbocycles. The fourth-order valence-corrected chi connectivity index (χ4v) is 5.38. The van der Waals surface area contributed by atoms with Gasteiger partial charge in [0.2, 0.25) is 0 Å². The molecule has 192 valence electrons. The van der Waals surface area contributed by atoms with E-state index in [9.17, 15) is 21.8 Å². The number of ether oxygens (including phenoxy) is 2. The molecule has 0 amide bonds. The van der Waals surface area contributed by atoms with Gasteiger partial charge in [0.15, 0.2) is 6.61 Å². The molecule has 4 rings (SSSR count). The van der Waals surface area contributed by atoms with Crippen molar-refractivity contribution in [3.8, 4) is 5.75 Å². The van der Waals surface area contributed by atoms with Crippen molar-refractivity contribution >= 4 is 39.2 Å². The van der Waals surface area contributed by atoms with Crippen LogP contribution in [0.1, 0.15) is 24.0 Å². The number of alkyl halides is 4. The number of halogens is 5. The van der Waals surface area contributed by atoms with Crippen molar-refractivity contribution in [3.05, 3.63) is 82.9 Å².